The van der Waals surface area contributed by atoms with Gasteiger partial charge in [0.1, 0.15) is 0 Å². The molecule has 0 spiro atoms. The summed E-state index contributed by atoms with van der Waals surface area (Å²) in [6.45, 7) is 0.802. The molecule has 0 unspecified atom stereocenters. The Morgan fingerprint density at radius 1 is 0.949 bits per heavy atom. The standard InChI is InChI=1S/C22H19F9GeN4O3/c1-13(14-8-6-9-16(11-14)32(20(23,24)25,21(26,27)28)22(29,30)31)34-39-12-15-7-4-5-10-17(15)36-18(38-3)33-35(2)19(36)37/h4-11H,12H2,1-3H3. The Labute approximate surface area is 216 Å². The van der Waals surface area contributed by atoms with E-state index in [1.165, 1.54) is 26.3 Å². The van der Waals surface area contributed by atoms with E-state index in [1.807, 2.05) is 0 Å². The van der Waals surface area contributed by atoms with Gasteiger partial charge in [0.05, 0.1) is 7.11 Å². The predicted molar refractivity (Wildman–Crippen MR) is 122 cm³/mol. The summed E-state index contributed by atoms with van der Waals surface area (Å²) >= 11 is -8.85. The number of halogens is 9. The van der Waals surface area contributed by atoms with Crippen LogP contribution in [0.2, 0.25) is 0 Å². The van der Waals surface area contributed by atoms with E-state index in [2.05, 4.69) is 10.3 Å². The van der Waals surface area contributed by atoms with Gasteiger partial charge in [-0.15, -0.1) is 0 Å². The first-order valence-corrected chi connectivity index (χ1v) is 14.9. The van der Waals surface area contributed by atoms with E-state index in [0.717, 1.165) is 22.2 Å². The number of aryl methyl sites for hydroxylation is 1. The van der Waals surface area contributed by atoms with Crippen LogP contribution in [0.4, 0.5) is 39.5 Å². The summed E-state index contributed by atoms with van der Waals surface area (Å²) in [4.78, 5) is 17.7. The van der Waals surface area contributed by atoms with Crippen molar-refractivity contribution < 1.29 is 49.1 Å². The Hall–Kier alpha value is -3.44. The summed E-state index contributed by atoms with van der Waals surface area (Å²) in [7, 11) is 2.67. The SMILES string of the molecule is COc1nn(C)c(=O)n1-c1ccccc1CON=C(C)c1ccc[c]([Ge]([C](F)(F)F)([C](F)(F)F)[C](F)(F)F)c1. The van der Waals surface area contributed by atoms with Gasteiger partial charge in [-0.05, 0) is 0 Å². The summed E-state index contributed by atoms with van der Waals surface area (Å²) in [6, 6.07) is 8.26. The number of hydrogen-bond donors (Lipinski definition) is 0. The molecule has 0 fully saturated rings. The second-order valence-corrected chi connectivity index (χ2v) is 16.1. The van der Waals surface area contributed by atoms with E-state index in [0.29, 0.717) is 11.6 Å². The molecule has 17 heteroatoms. The minimum atomic E-state index is -8.85. The molecule has 0 N–H and O–H groups in total. The van der Waals surface area contributed by atoms with Gasteiger partial charge in [0.2, 0.25) is 0 Å². The molecule has 0 saturated heterocycles. The predicted octanol–water partition coefficient (Wildman–Crippen LogP) is 4.48. The second-order valence-electron chi connectivity index (χ2n) is 8.13. The number of ether oxygens (including phenoxy) is 1. The summed E-state index contributed by atoms with van der Waals surface area (Å²) in [5, 5.41) is -12.1. The van der Waals surface area contributed by atoms with E-state index in [4.69, 9.17) is 9.57 Å². The maximum absolute atomic E-state index is 13.6. The molecule has 212 valence electrons. The first kappa shape index (κ1) is 30.1. The Bertz CT molecular complexity index is 1390. The topological polar surface area (TPSA) is 70.6 Å². The number of oxime groups is 1. The third-order valence-electron chi connectivity index (χ3n) is 5.72. The number of benzene rings is 2. The zero-order valence-electron chi connectivity index (χ0n) is 20.2. The van der Waals surface area contributed by atoms with E-state index in [9.17, 15) is 44.3 Å². The van der Waals surface area contributed by atoms with Crippen molar-refractivity contribution in [3.63, 3.8) is 0 Å². The summed E-state index contributed by atoms with van der Waals surface area (Å²) in [6.07, 6.45) is 0. The Balaban J connectivity index is 1.97. The second kappa shape index (κ2) is 10.6. The number of para-hydroxylation sites is 1. The summed E-state index contributed by atoms with van der Waals surface area (Å²) < 4.78 is 128. The molecule has 0 aliphatic heterocycles. The first-order chi connectivity index (χ1) is 18.0. The fourth-order valence-electron chi connectivity index (χ4n) is 3.83. The van der Waals surface area contributed by atoms with Gasteiger partial charge >= 0.3 is 202 Å². The van der Waals surface area contributed by atoms with Crippen molar-refractivity contribution >= 4 is 23.4 Å². The number of hydrogen-bond acceptors (Lipinski definition) is 5. The molecule has 0 radical (unpaired) electrons. The van der Waals surface area contributed by atoms with Gasteiger partial charge in [0, 0.05) is 7.05 Å². The molecular weight excluding hydrogens is 612 g/mol. The summed E-state index contributed by atoms with van der Waals surface area (Å²) in [5.41, 5.74) is -0.645. The van der Waals surface area contributed by atoms with Crippen LogP contribution in [0.25, 0.3) is 5.69 Å². The molecule has 0 aliphatic rings. The molecule has 0 bridgehead atoms. The third kappa shape index (κ3) is 5.38. The zero-order valence-corrected chi connectivity index (χ0v) is 22.3. The fraction of sp³-hybridized carbons (Fsp3) is 0.318. The minimum absolute atomic E-state index is 0.0560. The molecular formula is C22H19F9GeN4O3. The van der Waals surface area contributed by atoms with Gasteiger partial charge in [-0.1, -0.05) is 0 Å². The van der Waals surface area contributed by atoms with Crippen LogP contribution < -0.4 is 14.8 Å². The molecule has 1 heterocycles. The van der Waals surface area contributed by atoms with Crippen molar-refractivity contribution in [3.8, 4) is 11.7 Å². The van der Waals surface area contributed by atoms with Crippen LogP contribution >= 0.6 is 0 Å². The van der Waals surface area contributed by atoms with Crippen LogP contribution in [0.15, 0.2) is 58.5 Å². The van der Waals surface area contributed by atoms with Gasteiger partial charge in [0.15, 0.2) is 0 Å². The molecule has 3 rings (SSSR count). The molecule has 0 aliphatic carbocycles. The number of methoxy groups -OCH3 is 1. The monoisotopic (exact) mass is 632 g/mol. The van der Waals surface area contributed by atoms with Crippen LogP contribution in [0, 0.1) is 0 Å². The molecule has 39 heavy (non-hydrogen) atoms. The number of aromatic nitrogens is 3. The molecule has 0 amide bonds. The summed E-state index contributed by atoms with van der Waals surface area (Å²) in [5.74, 6) is 0. The fourth-order valence-corrected chi connectivity index (χ4v) is 9.42. The number of nitrogens with zero attached hydrogens (tertiary/aromatic N) is 4. The van der Waals surface area contributed by atoms with Crippen molar-refractivity contribution in [3.05, 3.63) is 70.1 Å². The maximum atomic E-state index is 13.6. The van der Waals surface area contributed by atoms with Crippen LogP contribution in [0.5, 0.6) is 6.01 Å². The van der Waals surface area contributed by atoms with Crippen LogP contribution in [0.3, 0.4) is 0 Å². The molecule has 1 aromatic heterocycles. The van der Waals surface area contributed by atoms with Gasteiger partial charge in [0.25, 0.3) is 0 Å². The Morgan fingerprint density at radius 2 is 1.54 bits per heavy atom. The van der Waals surface area contributed by atoms with Gasteiger partial charge in [-0.3, -0.25) is 0 Å². The van der Waals surface area contributed by atoms with Gasteiger partial charge in [-0.2, -0.15) is 0 Å². The molecule has 0 atom stereocenters. The van der Waals surface area contributed by atoms with Crippen molar-refractivity contribution in [1.82, 2.24) is 14.3 Å². The average molecular weight is 631 g/mol. The van der Waals surface area contributed by atoms with E-state index >= 15 is 0 Å². The first-order valence-electron chi connectivity index (χ1n) is 10.7. The number of alkyl halides is 9. The Kier molecular flexibility index (Phi) is 8.19. The average Bonchev–Trinajstić information content (AvgIpc) is 3.10. The third-order valence-corrected chi connectivity index (χ3v) is 13.5. The molecule has 2 aromatic carbocycles. The van der Waals surface area contributed by atoms with Crippen molar-refractivity contribution in [1.29, 1.82) is 0 Å². The quantitative estimate of drug-likeness (QED) is 0.167. The molecule has 0 saturated carbocycles. The van der Waals surface area contributed by atoms with Gasteiger partial charge in [-0.25, -0.2) is 0 Å². The molecule has 3 aromatic rings. The molecule has 7 nitrogen and oxygen atoms in total. The van der Waals surface area contributed by atoms with Crippen molar-refractivity contribution in [2.24, 2.45) is 12.2 Å². The number of rotatable bonds is 7. The van der Waals surface area contributed by atoms with E-state index < -0.39 is 43.9 Å². The normalized spacial score (nSPS) is 13.5. The zero-order chi connectivity index (χ0) is 29.4. The van der Waals surface area contributed by atoms with Crippen LogP contribution in [-0.4, -0.2) is 55.5 Å². The van der Waals surface area contributed by atoms with Crippen molar-refractivity contribution in [2.45, 2.75) is 28.6 Å². The van der Waals surface area contributed by atoms with E-state index in [-0.39, 0.29) is 36.1 Å². The van der Waals surface area contributed by atoms with Gasteiger partial charge < -0.3 is 0 Å². The van der Waals surface area contributed by atoms with Crippen LogP contribution in [0.1, 0.15) is 18.1 Å². The Morgan fingerprint density at radius 3 is 2.10 bits per heavy atom. The van der Waals surface area contributed by atoms with E-state index in [1.54, 1.807) is 12.1 Å². The van der Waals surface area contributed by atoms with Crippen LogP contribution in [-0.2, 0) is 18.5 Å². The van der Waals surface area contributed by atoms with Crippen molar-refractivity contribution in [2.75, 3.05) is 7.11 Å².